The Kier molecular flexibility index (Phi) is 14.7. The smallest absolute Gasteiger partial charge is 1.00 e. The van der Waals surface area contributed by atoms with Gasteiger partial charge in [-0.05, 0) is 24.3 Å². The van der Waals surface area contributed by atoms with Gasteiger partial charge in [-0.1, -0.05) is 24.3 Å². The Morgan fingerprint density at radius 3 is 1.02 bits per heavy atom. The van der Waals surface area contributed by atoms with Crippen LogP contribution >= 0.6 is 0 Å². The molecule has 296 valence electrons. The quantitative estimate of drug-likeness (QED) is 0.130. The van der Waals surface area contributed by atoms with Crippen LogP contribution in [0.5, 0.6) is 0 Å². The fourth-order valence-electron chi connectivity index (χ4n) is 7.47. The van der Waals surface area contributed by atoms with Crippen LogP contribution in [0.2, 0.25) is 0 Å². The largest absolute Gasteiger partial charge is 3.00 e. The summed E-state index contributed by atoms with van der Waals surface area (Å²) in [7, 11) is 14.3. The molecule has 18 heteroatoms. The van der Waals surface area contributed by atoms with Gasteiger partial charge >= 0.3 is 17.1 Å². The van der Waals surface area contributed by atoms with Crippen LogP contribution in [0.4, 0.5) is 0 Å². The van der Waals surface area contributed by atoms with E-state index in [9.17, 15) is 0 Å². The molecule has 2 aliphatic heterocycles. The molecule has 9 rings (SSSR count). The van der Waals surface area contributed by atoms with Gasteiger partial charge in [0.1, 0.15) is 24.8 Å². The number of aryl methyl sites for hydroxylation is 7. The third-order valence-electron chi connectivity index (χ3n) is 9.69. The van der Waals surface area contributed by atoms with Crippen LogP contribution in [-0.2, 0) is 66.4 Å². The number of hydrogen-bond donors (Lipinski definition) is 0. The number of rotatable bonds is 4. The molecule has 2 aliphatic rings. The summed E-state index contributed by atoms with van der Waals surface area (Å²) in [6.45, 7) is 0. The minimum absolute atomic E-state index is 0. The van der Waals surface area contributed by atoms with Crippen molar-refractivity contribution in [3.8, 4) is 45.0 Å². The topological polar surface area (TPSA) is 99.5 Å². The number of halogens is 5. The molecule has 0 spiro atoms. The number of nitrogens with one attached hydrogen (secondary N) is 1. The first-order valence-electron chi connectivity index (χ1n) is 16.8. The molecule has 0 fully saturated rings. The van der Waals surface area contributed by atoms with Crippen molar-refractivity contribution in [2.24, 2.45) is 49.3 Å². The molecular formula is C39H38Cl5MnN12. The number of aromatic nitrogens is 12. The Balaban J connectivity index is 0.00000145. The van der Waals surface area contributed by atoms with E-state index in [4.69, 9.17) is 19.9 Å². The number of H-pyrrole nitrogens is 1. The first-order chi connectivity index (χ1) is 24.6. The normalized spacial score (nSPS) is 11.1. The molecule has 0 amide bonds. The summed E-state index contributed by atoms with van der Waals surface area (Å²) in [4.78, 5) is 24.7. The minimum atomic E-state index is 0. The van der Waals surface area contributed by atoms with Crippen molar-refractivity contribution in [2.45, 2.75) is 0 Å². The molecule has 0 saturated carbocycles. The molecule has 12 nitrogen and oxygen atoms in total. The van der Waals surface area contributed by atoms with Crippen molar-refractivity contribution >= 4 is 46.4 Å². The summed E-state index contributed by atoms with van der Waals surface area (Å²) in [5.74, 6) is 0. The van der Waals surface area contributed by atoms with E-state index >= 15 is 0 Å². The van der Waals surface area contributed by atoms with Gasteiger partial charge in [0.2, 0.25) is 25.3 Å². The van der Waals surface area contributed by atoms with Crippen LogP contribution in [0.15, 0.2) is 74.4 Å². The van der Waals surface area contributed by atoms with E-state index in [0.717, 1.165) is 89.9 Å². The molecule has 0 atom stereocenters. The zero-order valence-electron chi connectivity index (χ0n) is 31.9. The van der Waals surface area contributed by atoms with Crippen LogP contribution in [0.1, 0.15) is 22.8 Å². The SMILES string of the molecule is Cn1c[nH+]cc1-c1c2nc(c(-c3c[n+](C)cn3C)c3ccc([n-]3)c(-c3c[n+](C)cn3C)c3nc(c(-c4c[n+](C)cn4C)c4ccc1[n-]4)C=C3)C=C2.[Cl-].[Cl-].[Cl-].[Cl-].[Cl-].[Mn+3]. The molecule has 8 bridgehead atoms. The summed E-state index contributed by atoms with van der Waals surface area (Å²) in [5.41, 5.74) is 14.4. The van der Waals surface area contributed by atoms with Crippen molar-refractivity contribution in [1.29, 1.82) is 0 Å². The van der Waals surface area contributed by atoms with Gasteiger partial charge in [0, 0.05) is 22.3 Å². The van der Waals surface area contributed by atoms with Gasteiger partial charge in [0.25, 0.3) is 0 Å². The van der Waals surface area contributed by atoms with E-state index in [-0.39, 0.29) is 79.1 Å². The van der Waals surface area contributed by atoms with Gasteiger partial charge in [0.05, 0.1) is 72.1 Å². The molecule has 7 aromatic rings. The maximum atomic E-state index is 5.37. The first kappa shape index (κ1) is 46.8. The Morgan fingerprint density at radius 1 is 0.474 bits per heavy atom. The predicted molar refractivity (Wildman–Crippen MR) is 195 cm³/mol. The molecule has 57 heavy (non-hydrogen) atoms. The summed E-state index contributed by atoms with van der Waals surface area (Å²) < 4.78 is 14.6. The van der Waals surface area contributed by atoms with Crippen molar-refractivity contribution in [2.75, 3.05) is 0 Å². The summed E-state index contributed by atoms with van der Waals surface area (Å²) in [6.07, 6.45) is 24.8. The Hall–Kier alpha value is -4.59. The standard InChI is InChI=1S/C39H37N12.5ClH.Mn/c1-45-17-33(49(5)21-45)37-26-10-8-24(41-26)36(32-16-40-20-48(32)4)25-9-11-27(42-25)38(34-18-46(2)22-50(34)6)29-13-15-31(44-29)39(30-14-12-28(37)43-30)35-19-47(3)23-51(35)7;;;;;;/h8-23H,1-7H3;5*1H;/q+1;;;;;;+3/p-4. The zero-order chi connectivity index (χ0) is 35.1. The third-order valence-corrected chi connectivity index (χ3v) is 9.69. The Morgan fingerprint density at radius 2 is 0.772 bits per heavy atom. The van der Waals surface area contributed by atoms with E-state index in [0.29, 0.717) is 0 Å². The van der Waals surface area contributed by atoms with Crippen LogP contribution in [0, 0.1) is 0 Å². The average molecular weight is 907 g/mol. The zero-order valence-corrected chi connectivity index (χ0v) is 36.9. The minimum Gasteiger partial charge on any atom is -1.00 e. The van der Waals surface area contributed by atoms with Crippen LogP contribution in [0.25, 0.3) is 91.4 Å². The van der Waals surface area contributed by atoms with Crippen LogP contribution in [0.3, 0.4) is 0 Å². The first-order valence-corrected chi connectivity index (χ1v) is 16.8. The predicted octanol–water partition coefficient (Wildman–Crippen LogP) is -11.8. The number of fused-ring (bicyclic) bond motifs is 8. The second-order valence-corrected chi connectivity index (χ2v) is 13.5. The van der Waals surface area contributed by atoms with E-state index in [1.165, 1.54) is 0 Å². The Labute approximate surface area is 371 Å². The van der Waals surface area contributed by atoms with E-state index in [1.807, 2.05) is 40.7 Å². The number of aromatic amines is 1. The fourth-order valence-corrected chi connectivity index (χ4v) is 7.47. The van der Waals surface area contributed by atoms with Crippen molar-refractivity contribution in [1.82, 2.24) is 38.2 Å². The molecule has 0 saturated heterocycles. The fraction of sp³-hybridized carbons (Fsp3) is 0.179. The third kappa shape index (κ3) is 7.98. The molecule has 0 aliphatic carbocycles. The molecule has 0 radical (unpaired) electrons. The molecule has 9 heterocycles. The number of imidazole rings is 4. The number of hydrogen-bond acceptors (Lipinski definition) is 2. The molecule has 0 unspecified atom stereocenters. The summed E-state index contributed by atoms with van der Waals surface area (Å²) in [6, 6.07) is 8.38. The van der Waals surface area contributed by atoms with Gasteiger partial charge in [-0.3, -0.25) is 0 Å². The maximum absolute atomic E-state index is 5.37. The second-order valence-electron chi connectivity index (χ2n) is 13.5. The van der Waals surface area contributed by atoms with E-state index < -0.39 is 0 Å². The molecule has 1 N–H and O–H groups in total. The number of nitrogens with zero attached hydrogens (tertiary/aromatic N) is 11. The van der Waals surface area contributed by atoms with Gasteiger partial charge in [-0.15, -0.1) is 22.1 Å². The van der Waals surface area contributed by atoms with E-state index in [1.54, 1.807) is 0 Å². The Bertz CT molecular complexity index is 2770. The molecule has 0 aromatic carbocycles. The van der Waals surface area contributed by atoms with Crippen LogP contribution < -0.4 is 90.7 Å². The average Bonchev–Trinajstić information content (AvgIpc) is 3.93. The van der Waals surface area contributed by atoms with Crippen molar-refractivity contribution in [3.05, 3.63) is 97.1 Å². The monoisotopic (exact) mass is 904 g/mol. The van der Waals surface area contributed by atoms with Gasteiger partial charge in [0.15, 0.2) is 22.8 Å². The summed E-state index contributed by atoms with van der Waals surface area (Å²) >= 11 is 0. The van der Waals surface area contributed by atoms with Gasteiger partial charge < -0.3 is 72.0 Å². The summed E-state index contributed by atoms with van der Waals surface area (Å²) in [5, 5.41) is 0. The molecule has 7 aromatic heterocycles. The maximum Gasteiger partial charge on any atom is 3.00 e. The van der Waals surface area contributed by atoms with Gasteiger partial charge in [-0.2, -0.15) is 0 Å². The van der Waals surface area contributed by atoms with Crippen LogP contribution in [-0.4, -0.2) is 28.2 Å². The van der Waals surface area contributed by atoms with E-state index in [2.05, 4.69) is 144 Å². The molecular weight excluding hydrogens is 869 g/mol. The van der Waals surface area contributed by atoms with Crippen molar-refractivity contribution in [3.63, 3.8) is 0 Å². The second kappa shape index (κ2) is 17.9. The van der Waals surface area contributed by atoms with Gasteiger partial charge in [-0.25, -0.2) is 46.9 Å². The van der Waals surface area contributed by atoms with Crippen molar-refractivity contribution < 1.29 is 97.8 Å².